The first kappa shape index (κ1) is 36.5. The molecule has 1 aliphatic rings. The maximum Gasteiger partial charge on any atom is 0.264 e. The maximum atomic E-state index is 14.8. The SMILES string of the molecule is COc1ccc(Cl)cc1N(CC(=O)N(Cc1c(Cl)cccc1Cl)C(Cc1ccccc1)C(=O)NC1CCCCC1)S(=O)(=O)c1ccccc1. The number of benzene rings is 4. The standard InChI is InChI=1S/C37H38Cl3N3O5S/c1-48-35-21-20-27(38)23-33(35)43(49(46,47)29-16-9-4-10-17-29)25-36(44)42(24-30-31(39)18-11-19-32(30)40)34(22-26-12-5-2-6-13-26)37(45)41-28-14-7-3-8-15-28/h2,4-6,9-13,16-21,23,28,34H,3,7-8,14-15,22,24-25H2,1H3,(H,41,45). The fraction of sp³-hybridized carbons (Fsp3) is 0.297. The molecule has 8 nitrogen and oxygen atoms in total. The van der Waals surface area contributed by atoms with Gasteiger partial charge in [0, 0.05) is 39.6 Å². The van der Waals surface area contributed by atoms with E-state index in [4.69, 9.17) is 39.5 Å². The minimum atomic E-state index is -4.35. The van der Waals surface area contributed by atoms with Crippen LogP contribution in [0, 0.1) is 0 Å². The van der Waals surface area contributed by atoms with Crippen molar-refractivity contribution in [3.63, 3.8) is 0 Å². The first-order valence-electron chi connectivity index (χ1n) is 16.1. The van der Waals surface area contributed by atoms with Gasteiger partial charge >= 0.3 is 0 Å². The van der Waals surface area contributed by atoms with Crippen molar-refractivity contribution in [2.75, 3.05) is 18.0 Å². The number of halogens is 3. The molecule has 5 rings (SSSR count). The van der Waals surface area contributed by atoms with Crippen LogP contribution in [0.5, 0.6) is 5.75 Å². The molecule has 0 heterocycles. The van der Waals surface area contributed by atoms with E-state index in [1.165, 1.54) is 36.3 Å². The van der Waals surface area contributed by atoms with Crippen LogP contribution in [0.3, 0.4) is 0 Å². The van der Waals surface area contributed by atoms with Gasteiger partial charge in [-0.1, -0.05) is 109 Å². The lowest BCUT2D eigenvalue weighted by Crippen LogP contribution is -2.55. The van der Waals surface area contributed by atoms with Crippen LogP contribution in [0.25, 0.3) is 0 Å². The molecule has 0 bridgehead atoms. The Balaban J connectivity index is 1.62. The van der Waals surface area contributed by atoms with E-state index in [0.29, 0.717) is 15.6 Å². The van der Waals surface area contributed by atoms with Gasteiger partial charge in [-0.2, -0.15) is 0 Å². The molecule has 1 atom stereocenters. The maximum absolute atomic E-state index is 14.8. The second-order valence-electron chi connectivity index (χ2n) is 11.9. The van der Waals surface area contributed by atoms with Crippen LogP contribution < -0.4 is 14.4 Å². The van der Waals surface area contributed by atoms with Crippen molar-refractivity contribution < 1.29 is 22.7 Å². The molecule has 0 radical (unpaired) electrons. The van der Waals surface area contributed by atoms with E-state index in [0.717, 1.165) is 42.0 Å². The van der Waals surface area contributed by atoms with Gasteiger partial charge in [-0.15, -0.1) is 0 Å². The highest BCUT2D eigenvalue weighted by Crippen LogP contribution is 2.35. The highest BCUT2D eigenvalue weighted by molar-refractivity contribution is 7.92. The quantitative estimate of drug-likeness (QED) is 0.150. The summed E-state index contributed by atoms with van der Waals surface area (Å²) in [5.41, 5.74) is 1.31. The van der Waals surface area contributed by atoms with Crippen molar-refractivity contribution in [3.8, 4) is 5.75 Å². The van der Waals surface area contributed by atoms with Crippen LogP contribution in [0.1, 0.15) is 43.2 Å². The Labute approximate surface area is 303 Å². The van der Waals surface area contributed by atoms with Crippen molar-refractivity contribution in [2.24, 2.45) is 0 Å². The van der Waals surface area contributed by atoms with Crippen molar-refractivity contribution >= 4 is 62.3 Å². The average Bonchev–Trinajstić information content (AvgIpc) is 3.11. The molecule has 258 valence electrons. The summed E-state index contributed by atoms with van der Waals surface area (Å²) < 4.78 is 35.2. The largest absolute Gasteiger partial charge is 0.495 e. The molecule has 1 aliphatic carbocycles. The highest BCUT2D eigenvalue weighted by atomic mass is 35.5. The van der Waals surface area contributed by atoms with E-state index < -0.39 is 28.5 Å². The Morgan fingerprint density at radius 1 is 0.857 bits per heavy atom. The molecule has 1 saturated carbocycles. The van der Waals surface area contributed by atoms with Gasteiger partial charge < -0.3 is 15.0 Å². The Bertz CT molecular complexity index is 1840. The number of sulfonamides is 1. The number of nitrogens with one attached hydrogen (secondary N) is 1. The van der Waals surface area contributed by atoms with Crippen LogP contribution in [0.4, 0.5) is 5.69 Å². The summed E-state index contributed by atoms with van der Waals surface area (Å²) >= 11 is 19.6. The summed E-state index contributed by atoms with van der Waals surface area (Å²) in [6.45, 7) is -0.836. The van der Waals surface area contributed by atoms with Crippen LogP contribution >= 0.6 is 34.8 Å². The summed E-state index contributed by atoms with van der Waals surface area (Å²) in [6, 6.07) is 25.6. The van der Waals surface area contributed by atoms with Crippen LogP contribution in [0.15, 0.2) is 102 Å². The molecule has 49 heavy (non-hydrogen) atoms. The van der Waals surface area contributed by atoms with E-state index in [1.807, 2.05) is 30.3 Å². The zero-order valence-electron chi connectivity index (χ0n) is 27.0. The monoisotopic (exact) mass is 741 g/mol. The lowest BCUT2D eigenvalue weighted by Gasteiger charge is -2.35. The Morgan fingerprint density at radius 3 is 2.12 bits per heavy atom. The number of carbonyl (C=O) groups excluding carboxylic acids is 2. The van der Waals surface area contributed by atoms with E-state index in [2.05, 4.69) is 5.32 Å². The first-order valence-corrected chi connectivity index (χ1v) is 18.6. The van der Waals surface area contributed by atoms with Crippen LogP contribution in [-0.4, -0.2) is 50.9 Å². The second-order valence-corrected chi connectivity index (χ2v) is 15.0. The number of methoxy groups -OCH3 is 1. The fourth-order valence-electron chi connectivity index (χ4n) is 6.04. The van der Waals surface area contributed by atoms with Gasteiger partial charge in [0.1, 0.15) is 18.3 Å². The summed E-state index contributed by atoms with van der Waals surface area (Å²) in [5, 5.41) is 4.04. The van der Waals surface area contributed by atoms with Crippen molar-refractivity contribution in [3.05, 3.63) is 123 Å². The summed E-state index contributed by atoms with van der Waals surface area (Å²) in [7, 11) is -2.95. The van der Waals surface area contributed by atoms with Gasteiger partial charge in [0.05, 0.1) is 17.7 Å². The number of anilines is 1. The molecule has 1 unspecified atom stereocenters. The molecular weight excluding hydrogens is 705 g/mol. The topological polar surface area (TPSA) is 96.0 Å². The third-order valence-electron chi connectivity index (χ3n) is 8.63. The number of hydrogen-bond donors (Lipinski definition) is 1. The molecule has 1 N–H and O–H groups in total. The minimum absolute atomic E-state index is 0.0361. The minimum Gasteiger partial charge on any atom is -0.495 e. The summed E-state index contributed by atoms with van der Waals surface area (Å²) in [6.07, 6.45) is 4.95. The fourth-order valence-corrected chi connectivity index (χ4v) is 8.16. The Hall–Kier alpha value is -3.76. The van der Waals surface area contributed by atoms with Gasteiger partial charge in [0.25, 0.3) is 10.0 Å². The molecule has 1 fully saturated rings. The number of hydrogen-bond acceptors (Lipinski definition) is 5. The number of nitrogens with zero attached hydrogens (tertiary/aromatic N) is 2. The van der Waals surface area contributed by atoms with Gasteiger partial charge in [-0.3, -0.25) is 13.9 Å². The summed E-state index contributed by atoms with van der Waals surface area (Å²) in [4.78, 5) is 30.5. The van der Waals surface area contributed by atoms with Crippen molar-refractivity contribution in [2.45, 2.75) is 62.0 Å². The smallest absolute Gasteiger partial charge is 0.264 e. The normalized spacial score (nSPS) is 14.1. The van der Waals surface area contributed by atoms with Gasteiger partial charge in [0.2, 0.25) is 11.8 Å². The second kappa shape index (κ2) is 16.8. The van der Waals surface area contributed by atoms with E-state index in [1.54, 1.807) is 42.5 Å². The van der Waals surface area contributed by atoms with E-state index in [-0.39, 0.29) is 46.3 Å². The molecule has 12 heteroatoms. The third-order valence-corrected chi connectivity index (χ3v) is 11.3. The van der Waals surface area contributed by atoms with Crippen molar-refractivity contribution in [1.82, 2.24) is 10.2 Å². The highest BCUT2D eigenvalue weighted by Gasteiger charge is 2.37. The lowest BCUT2D eigenvalue weighted by molar-refractivity contribution is -0.140. The van der Waals surface area contributed by atoms with E-state index in [9.17, 15) is 18.0 Å². The molecule has 0 aliphatic heterocycles. The average molecular weight is 743 g/mol. The molecule has 4 aromatic rings. The molecule has 0 saturated heterocycles. The summed E-state index contributed by atoms with van der Waals surface area (Å²) in [5.74, 6) is -0.810. The number of amides is 2. The zero-order chi connectivity index (χ0) is 35.0. The third kappa shape index (κ3) is 9.08. The number of carbonyl (C=O) groups is 2. The predicted molar refractivity (Wildman–Crippen MR) is 195 cm³/mol. The lowest BCUT2D eigenvalue weighted by atomic mass is 9.94. The molecule has 0 spiro atoms. The van der Waals surface area contributed by atoms with Gasteiger partial charge in [-0.05, 0) is 60.9 Å². The Morgan fingerprint density at radius 2 is 1.49 bits per heavy atom. The predicted octanol–water partition coefficient (Wildman–Crippen LogP) is 7.94. The van der Waals surface area contributed by atoms with Gasteiger partial charge in [0.15, 0.2) is 0 Å². The Kier molecular flexibility index (Phi) is 12.5. The molecule has 4 aromatic carbocycles. The zero-order valence-corrected chi connectivity index (χ0v) is 30.1. The molecule has 2 amide bonds. The number of ether oxygens (including phenoxy) is 1. The van der Waals surface area contributed by atoms with Crippen LogP contribution in [0.2, 0.25) is 15.1 Å². The molecular formula is C37H38Cl3N3O5S. The number of rotatable bonds is 13. The van der Waals surface area contributed by atoms with Crippen LogP contribution in [-0.2, 0) is 32.6 Å². The van der Waals surface area contributed by atoms with E-state index >= 15 is 0 Å². The van der Waals surface area contributed by atoms with Crippen molar-refractivity contribution in [1.29, 1.82) is 0 Å². The first-order chi connectivity index (χ1) is 23.6. The van der Waals surface area contributed by atoms with Gasteiger partial charge in [-0.25, -0.2) is 8.42 Å². The molecule has 0 aromatic heterocycles.